The van der Waals surface area contributed by atoms with Crippen molar-refractivity contribution < 1.29 is 4.39 Å². The van der Waals surface area contributed by atoms with Gasteiger partial charge in [-0.25, -0.2) is 4.39 Å². The second-order valence-corrected chi connectivity index (χ2v) is 6.16. The van der Waals surface area contributed by atoms with E-state index < -0.39 is 0 Å². The fourth-order valence-electron chi connectivity index (χ4n) is 2.62. The third kappa shape index (κ3) is 2.48. The zero-order valence-corrected chi connectivity index (χ0v) is 11.4. The molecular weight excluding hydrogens is 267 g/mol. The molecule has 0 amide bonds. The lowest BCUT2D eigenvalue weighted by atomic mass is 9.89. The van der Waals surface area contributed by atoms with Crippen molar-refractivity contribution in [3.63, 3.8) is 0 Å². The molecule has 0 bridgehead atoms. The number of hydrogen-bond donors (Lipinski definition) is 0. The Labute approximate surface area is 105 Å². The van der Waals surface area contributed by atoms with E-state index in [2.05, 4.69) is 29.8 Å². The summed E-state index contributed by atoms with van der Waals surface area (Å²) in [4.78, 5) is 0.645. The van der Waals surface area contributed by atoms with Crippen LogP contribution in [0, 0.1) is 24.6 Å². The van der Waals surface area contributed by atoms with Crippen molar-refractivity contribution in [3.05, 3.63) is 35.1 Å². The molecule has 0 spiro atoms. The number of alkyl halides is 1. The lowest BCUT2D eigenvalue weighted by Gasteiger charge is -2.18. The molecule has 2 heteroatoms. The molecule has 0 aromatic heterocycles. The van der Waals surface area contributed by atoms with Gasteiger partial charge in [0.15, 0.2) is 0 Å². The fourth-order valence-corrected chi connectivity index (χ4v) is 3.32. The minimum absolute atomic E-state index is 0.110. The van der Waals surface area contributed by atoms with Crippen LogP contribution >= 0.6 is 15.9 Å². The lowest BCUT2D eigenvalue weighted by Crippen LogP contribution is -2.13. The summed E-state index contributed by atoms with van der Waals surface area (Å²) in [5.74, 6) is 1.29. The van der Waals surface area contributed by atoms with Crippen molar-refractivity contribution in [3.8, 4) is 0 Å². The molecule has 1 saturated carbocycles. The van der Waals surface area contributed by atoms with E-state index in [9.17, 15) is 4.39 Å². The zero-order chi connectivity index (χ0) is 11.7. The second kappa shape index (κ2) is 4.87. The molecule has 0 saturated heterocycles. The number of halogens is 2. The maximum atomic E-state index is 13.2. The summed E-state index contributed by atoms with van der Waals surface area (Å²) < 4.78 is 13.2. The zero-order valence-electron chi connectivity index (χ0n) is 9.84. The van der Waals surface area contributed by atoms with Gasteiger partial charge in [0, 0.05) is 4.83 Å². The lowest BCUT2D eigenvalue weighted by molar-refractivity contribution is 0.422. The van der Waals surface area contributed by atoms with Gasteiger partial charge in [-0.15, -0.1) is 0 Å². The molecule has 88 valence electrons. The Bertz CT molecular complexity index is 375. The summed E-state index contributed by atoms with van der Waals surface area (Å²) in [6, 6.07) is 5.13. The highest BCUT2D eigenvalue weighted by Gasteiger charge is 2.31. The second-order valence-electron chi connectivity index (χ2n) is 4.99. The quantitative estimate of drug-likeness (QED) is 0.702. The van der Waals surface area contributed by atoms with Gasteiger partial charge in [0.2, 0.25) is 0 Å². The molecule has 3 unspecified atom stereocenters. The van der Waals surface area contributed by atoms with Crippen LogP contribution in [0.5, 0.6) is 0 Å². The predicted octanol–water partition coefficient (Wildman–Crippen LogP) is 4.49. The molecule has 0 nitrogen and oxygen atoms in total. The van der Waals surface area contributed by atoms with Gasteiger partial charge < -0.3 is 0 Å². The van der Waals surface area contributed by atoms with Crippen molar-refractivity contribution in [2.24, 2.45) is 11.8 Å². The summed E-state index contributed by atoms with van der Waals surface area (Å²) >= 11 is 3.72. The third-order valence-corrected chi connectivity index (χ3v) is 5.21. The first kappa shape index (κ1) is 12.1. The smallest absolute Gasteiger partial charge is 0.123 e. The van der Waals surface area contributed by atoms with E-state index in [0.29, 0.717) is 16.7 Å². The van der Waals surface area contributed by atoms with Gasteiger partial charge in [-0.3, -0.25) is 0 Å². The average molecular weight is 285 g/mol. The number of benzene rings is 1. The Kier molecular flexibility index (Phi) is 3.68. The van der Waals surface area contributed by atoms with Crippen molar-refractivity contribution in [2.45, 2.75) is 37.9 Å². The first-order valence-corrected chi connectivity index (χ1v) is 6.88. The van der Waals surface area contributed by atoms with Gasteiger partial charge in [-0.2, -0.15) is 0 Å². The Hall–Kier alpha value is -0.370. The van der Waals surface area contributed by atoms with Gasteiger partial charge in [-0.05, 0) is 61.3 Å². The standard InChI is InChI=1S/C14H18BrF/c1-9-3-5-13(16)8-12(9)7-11-4-6-14(15)10(11)2/h3,5,8,10-11,14H,4,6-7H2,1-2H3. The largest absolute Gasteiger partial charge is 0.207 e. The van der Waals surface area contributed by atoms with E-state index in [1.807, 2.05) is 6.07 Å². The molecule has 3 atom stereocenters. The summed E-state index contributed by atoms with van der Waals surface area (Å²) in [5, 5.41) is 0. The Balaban J connectivity index is 2.12. The van der Waals surface area contributed by atoms with E-state index >= 15 is 0 Å². The fraction of sp³-hybridized carbons (Fsp3) is 0.571. The van der Waals surface area contributed by atoms with Crippen molar-refractivity contribution >= 4 is 15.9 Å². The van der Waals surface area contributed by atoms with Crippen molar-refractivity contribution in [2.75, 3.05) is 0 Å². The molecule has 0 radical (unpaired) electrons. The highest BCUT2D eigenvalue weighted by atomic mass is 79.9. The van der Waals surface area contributed by atoms with Crippen LogP contribution in [0.25, 0.3) is 0 Å². The Morgan fingerprint density at radius 3 is 2.75 bits per heavy atom. The van der Waals surface area contributed by atoms with E-state index in [4.69, 9.17) is 0 Å². The molecule has 2 rings (SSSR count). The maximum Gasteiger partial charge on any atom is 0.123 e. The summed E-state index contributed by atoms with van der Waals surface area (Å²) in [7, 11) is 0. The van der Waals surface area contributed by atoms with Crippen LogP contribution in [0.2, 0.25) is 0 Å². The number of rotatable bonds is 2. The molecule has 1 fully saturated rings. The van der Waals surface area contributed by atoms with Gasteiger partial charge >= 0.3 is 0 Å². The molecule has 0 N–H and O–H groups in total. The van der Waals surface area contributed by atoms with Crippen molar-refractivity contribution in [1.82, 2.24) is 0 Å². The third-order valence-electron chi connectivity index (χ3n) is 3.92. The van der Waals surface area contributed by atoms with E-state index in [1.165, 1.54) is 24.0 Å². The summed E-state index contributed by atoms with van der Waals surface area (Å²) in [6.45, 7) is 4.37. The van der Waals surface area contributed by atoms with E-state index in [-0.39, 0.29) is 5.82 Å². The number of aryl methyl sites for hydroxylation is 1. The molecule has 1 aliphatic rings. The van der Waals surface area contributed by atoms with Crippen LogP contribution in [0.15, 0.2) is 18.2 Å². The first-order valence-electron chi connectivity index (χ1n) is 5.97. The maximum absolute atomic E-state index is 13.2. The van der Waals surface area contributed by atoms with E-state index in [1.54, 1.807) is 12.1 Å². The summed E-state index contributed by atoms with van der Waals surface area (Å²) in [6.07, 6.45) is 3.53. The molecular formula is C14H18BrF. The molecule has 1 aromatic rings. The van der Waals surface area contributed by atoms with Crippen LogP contribution in [0.3, 0.4) is 0 Å². The highest BCUT2D eigenvalue weighted by molar-refractivity contribution is 9.09. The summed E-state index contributed by atoms with van der Waals surface area (Å²) in [5.41, 5.74) is 2.39. The van der Waals surface area contributed by atoms with Crippen LogP contribution in [0.4, 0.5) is 4.39 Å². The van der Waals surface area contributed by atoms with Gasteiger partial charge in [-0.1, -0.05) is 28.9 Å². The minimum atomic E-state index is -0.110. The predicted molar refractivity (Wildman–Crippen MR) is 69.4 cm³/mol. The molecule has 0 heterocycles. The topological polar surface area (TPSA) is 0 Å². The van der Waals surface area contributed by atoms with E-state index in [0.717, 1.165) is 6.42 Å². The Morgan fingerprint density at radius 1 is 1.38 bits per heavy atom. The van der Waals surface area contributed by atoms with Crippen LogP contribution in [-0.2, 0) is 6.42 Å². The highest BCUT2D eigenvalue weighted by Crippen LogP contribution is 2.38. The molecule has 1 aliphatic carbocycles. The molecule has 1 aromatic carbocycles. The molecule has 16 heavy (non-hydrogen) atoms. The first-order chi connectivity index (χ1) is 7.58. The normalized spacial score (nSPS) is 29.6. The average Bonchev–Trinajstić information content (AvgIpc) is 2.55. The Morgan fingerprint density at radius 2 is 2.12 bits per heavy atom. The minimum Gasteiger partial charge on any atom is -0.207 e. The van der Waals surface area contributed by atoms with Gasteiger partial charge in [0.1, 0.15) is 5.82 Å². The SMILES string of the molecule is Cc1ccc(F)cc1CC1CCC(Br)C1C. The monoisotopic (exact) mass is 284 g/mol. The van der Waals surface area contributed by atoms with Gasteiger partial charge in [0.25, 0.3) is 0 Å². The number of hydrogen-bond acceptors (Lipinski definition) is 0. The van der Waals surface area contributed by atoms with Crippen LogP contribution < -0.4 is 0 Å². The van der Waals surface area contributed by atoms with Crippen LogP contribution in [-0.4, -0.2) is 4.83 Å². The van der Waals surface area contributed by atoms with Crippen LogP contribution in [0.1, 0.15) is 30.9 Å². The molecule has 0 aliphatic heterocycles. The van der Waals surface area contributed by atoms with Crippen molar-refractivity contribution in [1.29, 1.82) is 0 Å². The van der Waals surface area contributed by atoms with Gasteiger partial charge in [0.05, 0.1) is 0 Å².